The van der Waals surface area contributed by atoms with Crippen molar-refractivity contribution in [2.45, 2.75) is 38.5 Å². The molecule has 0 atom stereocenters. The second-order valence-corrected chi connectivity index (χ2v) is 7.69. The number of rotatable bonds is 0. The van der Waals surface area contributed by atoms with Crippen molar-refractivity contribution in [1.82, 2.24) is 9.55 Å². The van der Waals surface area contributed by atoms with Gasteiger partial charge in [-0.1, -0.05) is 24.0 Å². The first kappa shape index (κ1) is 18.1. The fourth-order valence-corrected chi connectivity index (χ4v) is 4.13. The molecule has 2 aliphatic heterocycles. The largest absolute Gasteiger partial charge is 0.347 e. The third-order valence-electron chi connectivity index (χ3n) is 5.66. The summed E-state index contributed by atoms with van der Waals surface area (Å²) in [6.45, 7) is 3.84. The van der Waals surface area contributed by atoms with Gasteiger partial charge in [0, 0.05) is 36.9 Å². The number of ether oxygens (including phenoxy) is 2. The molecule has 1 aromatic heterocycles. The fourth-order valence-electron chi connectivity index (χ4n) is 4.13. The van der Waals surface area contributed by atoms with Crippen molar-refractivity contribution in [3.8, 4) is 11.8 Å². The molecule has 1 saturated heterocycles. The lowest BCUT2D eigenvalue weighted by molar-refractivity contribution is -0.165. The minimum Gasteiger partial charge on any atom is -0.347 e. The Balaban J connectivity index is 1.51. The molecule has 0 aliphatic carbocycles. The predicted molar refractivity (Wildman–Crippen MR) is 111 cm³/mol. The van der Waals surface area contributed by atoms with Gasteiger partial charge in [-0.05, 0) is 42.8 Å². The van der Waals surface area contributed by atoms with Crippen LogP contribution in [0.5, 0.6) is 0 Å². The monoisotopic (exact) mass is 386 g/mol. The minimum absolute atomic E-state index is 0.00163. The van der Waals surface area contributed by atoms with E-state index in [4.69, 9.17) is 14.5 Å². The zero-order valence-electron chi connectivity index (χ0n) is 16.4. The molecule has 0 saturated carbocycles. The summed E-state index contributed by atoms with van der Waals surface area (Å²) in [6, 6.07) is 13.7. The standard InChI is InChI=1S/C24H22N2O3/c1-17-3-2-4-18(15-17)5-6-19-7-8-20-21(16-19)25-22-9-10-24(28-13-14-29-24)11-12-26(22)23(20)27/h2-4,7-8,15-16H,9-14H2,1H3. The second-order valence-electron chi connectivity index (χ2n) is 7.69. The number of aromatic nitrogens is 2. The third-order valence-corrected chi connectivity index (χ3v) is 5.66. The van der Waals surface area contributed by atoms with Crippen LogP contribution in [0.15, 0.2) is 47.3 Å². The van der Waals surface area contributed by atoms with Gasteiger partial charge in [0.15, 0.2) is 5.79 Å². The number of hydrogen-bond acceptors (Lipinski definition) is 4. The summed E-state index contributed by atoms with van der Waals surface area (Å²) >= 11 is 0. The quantitative estimate of drug-likeness (QED) is 0.557. The second kappa shape index (κ2) is 7.14. The normalized spacial score (nSPS) is 17.6. The fraction of sp³-hybridized carbons (Fsp3) is 0.333. The van der Waals surface area contributed by atoms with Gasteiger partial charge in [-0.2, -0.15) is 0 Å². The van der Waals surface area contributed by atoms with Crippen LogP contribution in [0.1, 0.15) is 35.4 Å². The molecule has 0 unspecified atom stereocenters. The third kappa shape index (κ3) is 3.46. The number of benzene rings is 2. The van der Waals surface area contributed by atoms with E-state index >= 15 is 0 Å². The molecule has 0 N–H and O–H groups in total. The maximum absolute atomic E-state index is 13.1. The van der Waals surface area contributed by atoms with Crippen molar-refractivity contribution in [2.24, 2.45) is 0 Å². The Labute approximate surface area is 169 Å². The molecule has 29 heavy (non-hydrogen) atoms. The summed E-state index contributed by atoms with van der Waals surface area (Å²) in [5.74, 6) is 6.62. The summed E-state index contributed by atoms with van der Waals surface area (Å²) in [4.78, 5) is 17.9. The molecule has 3 aromatic rings. The molecule has 5 heteroatoms. The average molecular weight is 386 g/mol. The van der Waals surface area contributed by atoms with E-state index < -0.39 is 5.79 Å². The van der Waals surface area contributed by atoms with Gasteiger partial charge in [0.2, 0.25) is 0 Å². The average Bonchev–Trinajstić information content (AvgIpc) is 3.11. The van der Waals surface area contributed by atoms with Crippen LogP contribution in [0.3, 0.4) is 0 Å². The van der Waals surface area contributed by atoms with E-state index in [1.54, 1.807) is 4.57 Å². The zero-order chi connectivity index (χ0) is 19.8. The highest BCUT2D eigenvalue weighted by Crippen LogP contribution is 2.31. The van der Waals surface area contributed by atoms with Crippen LogP contribution in [0.2, 0.25) is 0 Å². The van der Waals surface area contributed by atoms with Crippen LogP contribution >= 0.6 is 0 Å². The van der Waals surface area contributed by atoms with Crippen molar-refractivity contribution in [2.75, 3.05) is 13.2 Å². The molecule has 2 aromatic carbocycles. The van der Waals surface area contributed by atoms with Gasteiger partial charge in [-0.3, -0.25) is 9.36 Å². The van der Waals surface area contributed by atoms with Gasteiger partial charge >= 0.3 is 0 Å². The molecule has 0 amide bonds. The smallest absolute Gasteiger partial charge is 0.261 e. The van der Waals surface area contributed by atoms with Crippen LogP contribution in [0.4, 0.5) is 0 Å². The molecule has 0 radical (unpaired) electrons. The summed E-state index contributed by atoms with van der Waals surface area (Å²) in [5, 5.41) is 0.624. The van der Waals surface area contributed by atoms with Crippen LogP contribution in [-0.2, 0) is 22.4 Å². The lowest BCUT2D eigenvalue weighted by Gasteiger charge is -2.24. The molecular formula is C24H22N2O3. The molecule has 5 nitrogen and oxygen atoms in total. The van der Waals surface area contributed by atoms with Crippen molar-refractivity contribution in [1.29, 1.82) is 0 Å². The topological polar surface area (TPSA) is 53.4 Å². The molecule has 146 valence electrons. The summed E-state index contributed by atoms with van der Waals surface area (Å²) in [5.41, 5.74) is 3.70. The zero-order valence-corrected chi connectivity index (χ0v) is 16.4. The molecule has 3 heterocycles. The highest BCUT2D eigenvalue weighted by Gasteiger charge is 2.38. The lowest BCUT2D eigenvalue weighted by Crippen LogP contribution is -2.31. The van der Waals surface area contributed by atoms with Crippen LogP contribution < -0.4 is 5.56 Å². The summed E-state index contributed by atoms with van der Waals surface area (Å²) < 4.78 is 13.5. The van der Waals surface area contributed by atoms with Gasteiger partial charge in [0.25, 0.3) is 5.56 Å². The minimum atomic E-state index is -0.559. The summed E-state index contributed by atoms with van der Waals surface area (Å²) in [6.07, 6.45) is 2.05. The van der Waals surface area contributed by atoms with Crippen LogP contribution in [0.25, 0.3) is 10.9 Å². The van der Waals surface area contributed by atoms with Crippen molar-refractivity contribution < 1.29 is 9.47 Å². The molecule has 5 rings (SSSR count). The van der Waals surface area contributed by atoms with Crippen molar-refractivity contribution >= 4 is 10.9 Å². The van der Waals surface area contributed by atoms with Gasteiger partial charge in [-0.25, -0.2) is 4.98 Å². The predicted octanol–water partition coefficient (Wildman–Crippen LogP) is 3.18. The van der Waals surface area contributed by atoms with E-state index in [1.807, 2.05) is 30.3 Å². The van der Waals surface area contributed by atoms with Gasteiger partial charge in [0.1, 0.15) is 5.82 Å². The number of aryl methyl sites for hydroxylation is 2. The Morgan fingerprint density at radius 3 is 2.62 bits per heavy atom. The number of fused-ring (bicyclic) bond motifs is 2. The first-order valence-corrected chi connectivity index (χ1v) is 10.0. The molecule has 2 aliphatic rings. The van der Waals surface area contributed by atoms with E-state index in [2.05, 4.69) is 30.9 Å². The maximum atomic E-state index is 13.1. The Bertz CT molecular complexity index is 1210. The van der Waals surface area contributed by atoms with E-state index in [0.29, 0.717) is 43.5 Å². The highest BCUT2D eigenvalue weighted by atomic mass is 16.7. The highest BCUT2D eigenvalue weighted by molar-refractivity contribution is 5.79. The maximum Gasteiger partial charge on any atom is 0.261 e. The molecular weight excluding hydrogens is 364 g/mol. The van der Waals surface area contributed by atoms with Gasteiger partial charge < -0.3 is 9.47 Å². The first-order chi connectivity index (χ1) is 14.1. The Kier molecular flexibility index (Phi) is 4.46. The van der Waals surface area contributed by atoms with E-state index in [0.717, 1.165) is 23.4 Å². The number of nitrogens with zero attached hydrogens (tertiary/aromatic N) is 2. The Hall–Kier alpha value is -2.94. The summed E-state index contributed by atoms with van der Waals surface area (Å²) in [7, 11) is 0. The van der Waals surface area contributed by atoms with E-state index in [9.17, 15) is 4.79 Å². The van der Waals surface area contributed by atoms with Gasteiger partial charge in [0.05, 0.1) is 24.1 Å². The van der Waals surface area contributed by atoms with Crippen molar-refractivity contribution in [3.05, 3.63) is 75.3 Å². The van der Waals surface area contributed by atoms with E-state index in [-0.39, 0.29) is 5.56 Å². The van der Waals surface area contributed by atoms with Crippen LogP contribution in [-0.4, -0.2) is 28.6 Å². The lowest BCUT2D eigenvalue weighted by atomic mass is 10.1. The molecule has 1 fully saturated rings. The first-order valence-electron chi connectivity index (χ1n) is 10.0. The molecule has 0 bridgehead atoms. The van der Waals surface area contributed by atoms with Crippen LogP contribution in [0, 0.1) is 18.8 Å². The Morgan fingerprint density at radius 2 is 1.83 bits per heavy atom. The SMILES string of the molecule is Cc1cccc(C#Cc2ccc3c(=O)n4c(nc3c2)CCC2(CC4)OCCO2)c1. The Morgan fingerprint density at radius 1 is 1.03 bits per heavy atom. The number of hydrogen-bond donors (Lipinski definition) is 0. The van der Waals surface area contributed by atoms with Crippen molar-refractivity contribution in [3.63, 3.8) is 0 Å². The van der Waals surface area contributed by atoms with Gasteiger partial charge in [-0.15, -0.1) is 0 Å². The van der Waals surface area contributed by atoms with E-state index in [1.165, 1.54) is 5.56 Å². The molecule has 1 spiro atoms.